The van der Waals surface area contributed by atoms with Gasteiger partial charge in [0.15, 0.2) is 0 Å². The van der Waals surface area contributed by atoms with E-state index in [9.17, 15) is 9.90 Å². The first kappa shape index (κ1) is 9.41. The summed E-state index contributed by atoms with van der Waals surface area (Å²) in [6.07, 6.45) is 1.81. The minimum atomic E-state index is -0.955. The molecule has 1 amide bonds. The number of aromatic nitrogens is 1. The van der Waals surface area contributed by atoms with Crippen LogP contribution < -0.4 is 5.73 Å². The minimum absolute atomic E-state index is 0.218. The van der Waals surface area contributed by atoms with Crippen molar-refractivity contribution < 1.29 is 9.90 Å². The van der Waals surface area contributed by atoms with Gasteiger partial charge in [-0.05, 0) is 12.1 Å². The zero-order chi connectivity index (χ0) is 9.84. The van der Waals surface area contributed by atoms with Crippen LogP contribution in [0.3, 0.4) is 0 Å². The van der Waals surface area contributed by atoms with Crippen molar-refractivity contribution in [3.63, 3.8) is 0 Å². The Labute approximate surface area is 75.7 Å². The first-order valence-electron chi connectivity index (χ1n) is 3.72. The molecule has 3 N–H and O–H groups in total. The van der Waals surface area contributed by atoms with Gasteiger partial charge in [-0.2, -0.15) is 0 Å². The Morgan fingerprint density at radius 1 is 1.77 bits per heavy atom. The van der Waals surface area contributed by atoms with Crippen LogP contribution in [0.4, 0.5) is 0 Å². The van der Waals surface area contributed by atoms with Crippen molar-refractivity contribution in [2.24, 2.45) is 5.73 Å². The summed E-state index contributed by atoms with van der Waals surface area (Å²) in [5.74, 6) is -0.607. The topological polar surface area (TPSA) is 76.2 Å². The maximum absolute atomic E-state index is 10.9. The van der Waals surface area contributed by atoms with Crippen molar-refractivity contribution in [2.45, 2.75) is 6.10 Å². The number of rotatable bonds is 3. The Morgan fingerprint density at radius 2 is 2.46 bits per heavy atom. The van der Waals surface area contributed by atoms with Crippen molar-refractivity contribution in [3.05, 3.63) is 42.2 Å². The fraction of sp³-hybridized carbons (Fsp3) is 0.111. The van der Waals surface area contributed by atoms with Crippen molar-refractivity contribution in [2.75, 3.05) is 0 Å². The molecule has 0 aliphatic rings. The summed E-state index contributed by atoms with van der Waals surface area (Å²) in [5, 5.41) is 9.37. The van der Waals surface area contributed by atoms with Gasteiger partial charge in [-0.3, -0.25) is 9.78 Å². The number of hydrogen-bond donors (Lipinski definition) is 2. The number of carbonyl (C=O) groups is 1. The summed E-state index contributed by atoms with van der Waals surface area (Å²) in [5.41, 5.74) is 5.54. The first-order valence-corrected chi connectivity index (χ1v) is 3.72. The Kier molecular flexibility index (Phi) is 2.76. The first-order chi connectivity index (χ1) is 6.16. The number of aliphatic hydroxyl groups is 1. The van der Waals surface area contributed by atoms with Gasteiger partial charge in [-0.15, -0.1) is 6.58 Å². The van der Waals surface area contributed by atoms with Crippen LogP contribution in [0.2, 0.25) is 0 Å². The highest BCUT2D eigenvalue weighted by molar-refractivity contribution is 5.93. The molecule has 1 heterocycles. The van der Waals surface area contributed by atoms with Gasteiger partial charge in [-0.1, -0.05) is 6.08 Å². The average molecular weight is 178 g/mol. The van der Waals surface area contributed by atoms with E-state index in [1.807, 2.05) is 0 Å². The van der Waals surface area contributed by atoms with Gasteiger partial charge in [0.25, 0.3) is 5.91 Å². The molecule has 0 radical (unpaired) electrons. The molecule has 0 bridgehead atoms. The lowest BCUT2D eigenvalue weighted by Crippen LogP contribution is -2.16. The maximum Gasteiger partial charge on any atom is 0.250 e. The van der Waals surface area contributed by atoms with Crippen LogP contribution in [0.15, 0.2) is 31.0 Å². The summed E-state index contributed by atoms with van der Waals surface area (Å²) >= 11 is 0. The summed E-state index contributed by atoms with van der Waals surface area (Å²) in [6.45, 7) is 3.40. The second kappa shape index (κ2) is 3.82. The predicted molar refractivity (Wildman–Crippen MR) is 47.9 cm³/mol. The molecule has 1 atom stereocenters. The van der Waals surface area contributed by atoms with Crippen LogP contribution in [0, 0.1) is 0 Å². The van der Waals surface area contributed by atoms with E-state index in [4.69, 9.17) is 5.73 Å². The number of pyridine rings is 1. The number of carbonyl (C=O) groups excluding carboxylic acids is 1. The largest absolute Gasteiger partial charge is 0.383 e. The van der Waals surface area contributed by atoms with Crippen LogP contribution in [0.5, 0.6) is 0 Å². The fourth-order valence-corrected chi connectivity index (χ4v) is 0.973. The summed E-state index contributed by atoms with van der Waals surface area (Å²) in [6, 6.07) is 3.09. The molecule has 0 aliphatic carbocycles. The number of hydrogen-bond acceptors (Lipinski definition) is 3. The van der Waals surface area contributed by atoms with Crippen LogP contribution in [0.1, 0.15) is 22.2 Å². The van der Waals surface area contributed by atoms with E-state index in [1.165, 1.54) is 18.3 Å². The van der Waals surface area contributed by atoms with Crippen molar-refractivity contribution in [3.8, 4) is 0 Å². The van der Waals surface area contributed by atoms with E-state index in [0.717, 1.165) is 0 Å². The molecular formula is C9H10N2O2. The lowest BCUT2D eigenvalue weighted by atomic mass is 10.1. The number of nitrogens with zero attached hydrogens (tertiary/aromatic N) is 1. The van der Waals surface area contributed by atoms with Crippen molar-refractivity contribution in [1.82, 2.24) is 4.98 Å². The normalized spacial score (nSPS) is 12.1. The Bertz CT molecular complexity index is 336. The molecule has 4 heteroatoms. The lowest BCUT2D eigenvalue weighted by Gasteiger charge is -2.07. The third-order valence-corrected chi connectivity index (χ3v) is 1.61. The van der Waals surface area contributed by atoms with Gasteiger partial charge in [0.05, 0.1) is 11.3 Å². The second-order valence-electron chi connectivity index (χ2n) is 2.48. The standard InChI is InChI=1S/C9H10N2O2/c1-2-7(12)8-6(9(10)13)4-3-5-11-8/h2-5,7,12H,1H2,(H2,10,13). The summed E-state index contributed by atoms with van der Waals surface area (Å²) in [7, 11) is 0. The zero-order valence-electron chi connectivity index (χ0n) is 6.97. The predicted octanol–water partition coefficient (Wildman–Crippen LogP) is 0.400. The molecule has 0 fully saturated rings. The van der Waals surface area contributed by atoms with E-state index < -0.39 is 12.0 Å². The molecule has 1 unspecified atom stereocenters. The van der Waals surface area contributed by atoms with Crippen molar-refractivity contribution in [1.29, 1.82) is 0 Å². The molecule has 1 rings (SSSR count). The van der Waals surface area contributed by atoms with Gasteiger partial charge >= 0.3 is 0 Å². The van der Waals surface area contributed by atoms with Gasteiger partial charge in [-0.25, -0.2) is 0 Å². The smallest absolute Gasteiger partial charge is 0.250 e. The highest BCUT2D eigenvalue weighted by Gasteiger charge is 2.13. The van der Waals surface area contributed by atoms with E-state index in [1.54, 1.807) is 6.07 Å². The molecule has 0 spiro atoms. The number of primary amides is 1. The summed E-state index contributed by atoms with van der Waals surface area (Å²) in [4.78, 5) is 14.7. The molecule has 1 aromatic rings. The van der Waals surface area contributed by atoms with E-state index in [-0.39, 0.29) is 11.3 Å². The third-order valence-electron chi connectivity index (χ3n) is 1.61. The van der Waals surface area contributed by atoms with Crippen LogP contribution in [-0.2, 0) is 0 Å². The maximum atomic E-state index is 10.9. The Hall–Kier alpha value is -1.68. The average Bonchev–Trinajstić information content (AvgIpc) is 2.16. The quantitative estimate of drug-likeness (QED) is 0.658. The highest BCUT2D eigenvalue weighted by Crippen LogP contribution is 2.14. The van der Waals surface area contributed by atoms with Crippen LogP contribution >= 0.6 is 0 Å². The molecule has 0 saturated heterocycles. The van der Waals surface area contributed by atoms with E-state index >= 15 is 0 Å². The van der Waals surface area contributed by atoms with Crippen LogP contribution in [0.25, 0.3) is 0 Å². The third kappa shape index (κ3) is 1.91. The van der Waals surface area contributed by atoms with Crippen molar-refractivity contribution >= 4 is 5.91 Å². The van der Waals surface area contributed by atoms with Gasteiger partial charge < -0.3 is 10.8 Å². The Balaban J connectivity index is 3.19. The van der Waals surface area contributed by atoms with Gasteiger partial charge in [0, 0.05) is 6.20 Å². The minimum Gasteiger partial charge on any atom is -0.383 e. The Morgan fingerprint density at radius 3 is 3.00 bits per heavy atom. The summed E-state index contributed by atoms with van der Waals surface area (Å²) < 4.78 is 0. The van der Waals surface area contributed by atoms with Gasteiger partial charge in [0.2, 0.25) is 0 Å². The molecule has 13 heavy (non-hydrogen) atoms. The van der Waals surface area contributed by atoms with Crippen LogP contribution in [-0.4, -0.2) is 16.0 Å². The lowest BCUT2D eigenvalue weighted by molar-refractivity contribution is 0.0994. The number of nitrogens with two attached hydrogens (primary N) is 1. The molecule has 4 nitrogen and oxygen atoms in total. The zero-order valence-corrected chi connectivity index (χ0v) is 6.97. The molecule has 0 saturated carbocycles. The molecule has 68 valence electrons. The number of aliphatic hydroxyl groups excluding tert-OH is 1. The number of amides is 1. The van der Waals surface area contributed by atoms with Gasteiger partial charge in [0.1, 0.15) is 6.10 Å². The van der Waals surface area contributed by atoms with E-state index in [2.05, 4.69) is 11.6 Å². The fourth-order valence-electron chi connectivity index (χ4n) is 0.973. The molecule has 1 aromatic heterocycles. The van der Waals surface area contributed by atoms with E-state index in [0.29, 0.717) is 0 Å². The molecule has 0 aromatic carbocycles. The second-order valence-corrected chi connectivity index (χ2v) is 2.48. The molecular weight excluding hydrogens is 168 g/mol. The highest BCUT2D eigenvalue weighted by atomic mass is 16.3. The SMILES string of the molecule is C=CC(O)c1ncccc1C(N)=O. The molecule has 0 aliphatic heterocycles. The monoisotopic (exact) mass is 178 g/mol.